The van der Waals surface area contributed by atoms with E-state index in [1.807, 2.05) is 30.3 Å². The fourth-order valence-corrected chi connectivity index (χ4v) is 2.27. The third-order valence-corrected chi connectivity index (χ3v) is 3.38. The summed E-state index contributed by atoms with van der Waals surface area (Å²) in [6, 6.07) is 16.2. The zero-order valence-electron chi connectivity index (χ0n) is 13.3. The number of carbonyl (C=O) groups excluding carboxylic acids is 2. The van der Waals surface area contributed by atoms with E-state index in [2.05, 4.69) is 10.3 Å². The molecular formula is C18H16N4O3. The molecule has 0 fully saturated rings. The molecule has 3 N–H and O–H groups in total. The number of nitrogens with zero attached hydrogens (tertiary/aromatic N) is 2. The van der Waals surface area contributed by atoms with Gasteiger partial charge in [-0.3, -0.25) is 14.2 Å². The first-order valence-corrected chi connectivity index (χ1v) is 7.54. The standard InChI is InChI=1S/C18H16N4O3/c19-17(23)11-25-15-8-4-5-13(9-15)21-18(24)16-10-20-12-22(16)14-6-2-1-3-7-14/h1-10,12H,11H2,(H2,19,23)(H,21,24). The molecule has 3 aromatic rings. The molecule has 0 saturated heterocycles. The monoisotopic (exact) mass is 336 g/mol. The minimum atomic E-state index is -0.568. The lowest BCUT2D eigenvalue weighted by atomic mass is 10.2. The van der Waals surface area contributed by atoms with Crippen LogP contribution in [0.4, 0.5) is 5.69 Å². The predicted octanol–water partition coefficient (Wildman–Crippen LogP) is 1.99. The van der Waals surface area contributed by atoms with Crippen molar-refractivity contribution in [1.82, 2.24) is 9.55 Å². The lowest BCUT2D eigenvalue weighted by molar-refractivity contribution is -0.119. The van der Waals surface area contributed by atoms with Gasteiger partial charge in [-0.05, 0) is 24.3 Å². The Morgan fingerprint density at radius 3 is 2.68 bits per heavy atom. The summed E-state index contributed by atoms with van der Waals surface area (Å²) in [6.45, 7) is -0.224. The Kier molecular flexibility index (Phi) is 4.75. The number of imidazole rings is 1. The van der Waals surface area contributed by atoms with Gasteiger partial charge in [0.25, 0.3) is 11.8 Å². The molecule has 1 aromatic heterocycles. The first kappa shape index (κ1) is 16.3. The molecule has 0 atom stereocenters. The molecule has 2 aromatic carbocycles. The van der Waals surface area contributed by atoms with Gasteiger partial charge in [0.05, 0.1) is 12.5 Å². The van der Waals surface area contributed by atoms with Crippen molar-refractivity contribution in [3.05, 3.63) is 72.8 Å². The number of para-hydroxylation sites is 1. The number of ether oxygens (including phenoxy) is 1. The number of hydrogen-bond donors (Lipinski definition) is 2. The summed E-state index contributed by atoms with van der Waals surface area (Å²) in [5.74, 6) is -0.442. The van der Waals surface area contributed by atoms with E-state index >= 15 is 0 Å². The van der Waals surface area contributed by atoms with Crippen LogP contribution in [0.1, 0.15) is 10.5 Å². The van der Waals surface area contributed by atoms with E-state index in [4.69, 9.17) is 10.5 Å². The second-order valence-electron chi connectivity index (χ2n) is 5.22. The van der Waals surface area contributed by atoms with Crippen molar-refractivity contribution in [2.75, 3.05) is 11.9 Å². The number of nitrogens with one attached hydrogen (secondary N) is 1. The van der Waals surface area contributed by atoms with Gasteiger partial charge in [0.15, 0.2) is 6.61 Å². The Hall–Kier alpha value is -3.61. The molecule has 7 heteroatoms. The third kappa shape index (κ3) is 4.03. The predicted molar refractivity (Wildman–Crippen MR) is 92.6 cm³/mol. The van der Waals surface area contributed by atoms with E-state index in [9.17, 15) is 9.59 Å². The highest BCUT2D eigenvalue weighted by atomic mass is 16.5. The van der Waals surface area contributed by atoms with Crippen molar-refractivity contribution in [2.24, 2.45) is 5.73 Å². The maximum atomic E-state index is 12.6. The Bertz CT molecular complexity index is 890. The molecule has 7 nitrogen and oxygen atoms in total. The molecule has 0 aliphatic heterocycles. The number of nitrogens with two attached hydrogens (primary N) is 1. The summed E-state index contributed by atoms with van der Waals surface area (Å²) in [5, 5.41) is 2.79. The van der Waals surface area contributed by atoms with E-state index in [1.165, 1.54) is 6.20 Å². The van der Waals surface area contributed by atoms with Gasteiger partial charge in [-0.2, -0.15) is 0 Å². The highest BCUT2D eigenvalue weighted by Gasteiger charge is 2.13. The average molecular weight is 336 g/mol. The molecule has 1 heterocycles. The molecule has 2 amide bonds. The molecule has 0 spiro atoms. The second kappa shape index (κ2) is 7.31. The molecule has 3 rings (SSSR count). The summed E-state index contributed by atoms with van der Waals surface area (Å²) in [4.78, 5) is 27.4. The van der Waals surface area contributed by atoms with Crippen LogP contribution in [-0.2, 0) is 4.79 Å². The number of anilines is 1. The van der Waals surface area contributed by atoms with Gasteiger partial charge >= 0.3 is 0 Å². The maximum absolute atomic E-state index is 12.6. The fourth-order valence-electron chi connectivity index (χ4n) is 2.27. The highest BCUT2D eigenvalue weighted by Crippen LogP contribution is 2.19. The number of amides is 2. The van der Waals surface area contributed by atoms with E-state index in [-0.39, 0.29) is 12.5 Å². The van der Waals surface area contributed by atoms with Crippen LogP contribution in [0.25, 0.3) is 5.69 Å². The topological polar surface area (TPSA) is 99.2 Å². The lowest BCUT2D eigenvalue weighted by Crippen LogP contribution is -2.20. The van der Waals surface area contributed by atoms with E-state index < -0.39 is 5.91 Å². The zero-order valence-corrected chi connectivity index (χ0v) is 13.3. The minimum Gasteiger partial charge on any atom is -0.484 e. The molecule has 0 aliphatic rings. The molecule has 0 bridgehead atoms. The number of benzene rings is 2. The summed E-state index contributed by atoms with van der Waals surface area (Å²) in [5.41, 5.74) is 6.82. The zero-order chi connectivity index (χ0) is 17.6. The molecule has 126 valence electrons. The van der Waals surface area contributed by atoms with Gasteiger partial charge in [0.1, 0.15) is 11.4 Å². The first-order chi connectivity index (χ1) is 12.1. The number of hydrogen-bond acceptors (Lipinski definition) is 4. The fraction of sp³-hybridized carbons (Fsp3) is 0.0556. The van der Waals surface area contributed by atoms with E-state index in [1.54, 1.807) is 35.2 Å². The van der Waals surface area contributed by atoms with Crippen LogP contribution >= 0.6 is 0 Å². The van der Waals surface area contributed by atoms with Gasteiger partial charge in [0, 0.05) is 17.4 Å². The number of aromatic nitrogens is 2. The molecule has 0 radical (unpaired) electrons. The van der Waals surface area contributed by atoms with E-state index in [0.29, 0.717) is 17.1 Å². The van der Waals surface area contributed by atoms with Crippen LogP contribution in [-0.4, -0.2) is 28.0 Å². The second-order valence-corrected chi connectivity index (χ2v) is 5.22. The summed E-state index contributed by atoms with van der Waals surface area (Å²) in [7, 11) is 0. The molecular weight excluding hydrogens is 320 g/mol. The molecule has 25 heavy (non-hydrogen) atoms. The van der Waals surface area contributed by atoms with Crippen LogP contribution in [0.5, 0.6) is 5.75 Å². The van der Waals surface area contributed by atoms with Crippen LogP contribution in [0, 0.1) is 0 Å². The lowest BCUT2D eigenvalue weighted by Gasteiger charge is -2.10. The van der Waals surface area contributed by atoms with Crippen molar-refractivity contribution >= 4 is 17.5 Å². The van der Waals surface area contributed by atoms with Crippen molar-refractivity contribution in [3.8, 4) is 11.4 Å². The summed E-state index contributed by atoms with van der Waals surface area (Å²) < 4.78 is 6.93. The molecule has 0 aliphatic carbocycles. The van der Waals surface area contributed by atoms with Gasteiger partial charge in [-0.1, -0.05) is 24.3 Å². The smallest absolute Gasteiger partial charge is 0.274 e. The third-order valence-electron chi connectivity index (χ3n) is 3.38. The first-order valence-electron chi connectivity index (χ1n) is 7.54. The SMILES string of the molecule is NC(=O)COc1cccc(NC(=O)c2cncn2-c2ccccc2)c1. The number of primary amides is 1. The minimum absolute atomic E-state index is 0.224. The largest absolute Gasteiger partial charge is 0.484 e. The van der Waals surface area contributed by atoms with Gasteiger partial charge in [0.2, 0.25) is 0 Å². The van der Waals surface area contributed by atoms with Crippen LogP contribution < -0.4 is 15.8 Å². The highest BCUT2D eigenvalue weighted by molar-refractivity contribution is 6.03. The Morgan fingerprint density at radius 2 is 1.92 bits per heavy atom. The van der Waals surface area contributed by atoms with Crippen LogP contribution in [0.15, 0.2) is 67.1 Å². The normalized spacial score (nSPS) is 10.2. The molecule has 0 unspecified atom stereocenters. The Morgan fingerprint density at radius 1 is 1.12 bits per heavy atom. The van der Waals surface area contributed by atoms with Crippen molar-refractivity contribution in [2.45, 2.75) is 0 Å². The number of carbonyl (C=O) groups is 2. The quantitative estimate of drug-likeness (QED) is 0.719. The van der Waals surface area contributed by atoms with Crippen LogP contribution in [0.2, 0.25) is 0 Å². The summed E-state index contributed by atoms with van der Waals surface area (Å²) in [6.07, 6.45) is 3.08. The maximum Gasteiger partial charge on any atom is 0.274 e. The average Bonchev–Trinajstić information content (AvgIpc) is 3.11. The van der Waals surface area contributed by atoms with E-state index in [0.717, 1.165) is 5.69 Å². The Labute approximate surface area is 144 Å². The van der Waals surface area contributed by atoms with Crippen molar-refractivity contribution in [3.63, 3.8) is 0 Å². The molecule has 0 saturated carbocycles. The van der Waals surface area contributed by atoms with Gasteiger partial charge in [-0.25, -0.2) is 4.98 Å². The van der Waals surface area contributed by atoms with Gasteiger partial charge in [-0.15, -0.1) is 0 Å². The van der Waals surface area contributed by atoms with Gasteiger partial charge < -0.3 is 15.8 Å². The number of rotatable bonds is 6. The van der Waals surface area contributed by atoms with Crippen LogP contribution in [0.3, 0.4) is 0 Å². The van der Waals surface area contributed by atoms with Crippen molar-refractivity contribution in [1.29, 1.82) is 0 Å². The summed E-state index contributed by atoms with van der Waals surface area (Å²) >= 11 is 0. The Balaban J connectivity index is 1.77. The van der Waals surface area contributed by atoms with Crippen molar-refractivity contribution < 1.29 is 14.3 Å².